The van der Waals surface area contributed by atoms with Gasteiger partial charge in [0.2, 0.25) is 0 Å². The molecule has 2 bridgehead atoms. The second-order valence-corrected chi connectivity index (χ2v) is 7.26. The minimum absolute atomic E-state index is 0.0362. The van der Waals surface area contributed by atoms with Crippen LogP contribution >= 0.6 is 0 Å². The zero-order chi connectivity index (χ0) is 17.9. The van der Waals surface area contributed by atoms with E-state index in [1.165, 1.54) is 14.2 Å². The number of likely N-dealkylation sites (N-methyl/N-ethyl adjacent to an activating group) is 1. The summed E-state index contributed by atoms with van der Waals surface area (Å²) in [6, 6.07) is 3.32. The molecule has 4 rings (SSSR count). The third-order valence-electron chi connectivity index (χ3n) is 6.26. The van der Waals surface area contributed by atoms with Crippen molar-refractivity contribution in [3.63, 3.8) is 0 Å². The maximum absolute atomic E-state index is 12.6. The third-order valence-corrected chi connectivity index (χ3v) is 6.26. The Morgan fingerprint density at radius 1 is 1.28 bits per heavy atom. The molecule has 0 saturated carbocycles. The smallest absolute Gasteiger partial charge is 0.197 e. The molecule has 6 nitrogen and oxygen atoms in total. The number of phenols is 1. The lowest BCUT2D eigenvalue weighted by Crippen LogP contribution is -2.61. The van der Waals surface area contributed by atoms with Crippen LogP contribution in [0.1, 0.15) is 30.1 Å². The molecule has 2 N–H and O–H groups in total. The number of hydrogen-bond acceptors (Lipinski definition) is 6. The van der Waals surface area contributed by atoms with Crippen molar-refractivity contribution >= 4 is 5.78 Å². The van der Waals surface area contributed by atoms with Gasteiger partial charge in [0.15, 0.2) is 23.0 Å². The Balaban J connectivity index is 2.02. The Kier molecular flexibility index (Phi) is 3.60. The lowest BCUT2D eigenvalue weighted by Gasteiger charge is -2.58. The molecule has 3 aliphatic rings. The van der Waals surface area contributed by atoms with E-state index in [0.29, 0.717) is 22.6 Å². The largest absolute Gasteiger partial charge is 0.504 e. The van der Waals surface area contributed by atoms with Crippen molar-refractivity contribution in [3.8, 4) is 11.5 Å². The molecule has 1 fully saturated rings. The number of rotatable bonds is 2. The van der Waals surface area contributed by atoms with Crippen LogP contribution < -0.4 is 4.74 Å². The summed E-state index contributed by atoms with van der Waals surface area (Å²) in [4.78, 5) is 14.8. The summed E-state index contributed by atoms with van der Waals surface area (Å²) in [6.45, 7) is 0.748. The predicted molar refractivity (Wildman–Crippen MR) is 90.5 cm³/mol. The number of carbonyl (C=O) groups excluding carboxylic acids is 1. The van der Waals surface area contributed by atoms with E-state index in [1.54, 1.807) is 6.07 Å². The molecule has 0 spiro atoms. The first kappa shape index (κ1) is 16.4. The maximum atomic E-state index is 12.6. The molecule has 4 unspecified atom stereocenters. The SMILES string of the molecule is COC1=CC2C3C(O)c4ccc(OC)c(O)c4C2(CCN3C)CC1=O. The number of fused-ring (bicyclic) bond motifs is 1. The van der Waals surface area contributed by atoms with E-state index < -0.39 is 11.5 Å². The standard InChI is InChI=1S/C19H23NO5/c1-20-7-6-19-9-12(21)14(25-3)8-11(19)16(20)17(22)10-4-5-13(24-2)18(23)15(10)19/h4-5,8,11,16-17,22-23H,6-7,9H2,1-3H3. The Bertz CT molecular complexity index is 773. The summed E-state index contributed by atoms with van der Waals surface area (Å²) in [7, 11) is 4.99. The van der Waals surface area contributed by atoms with Crippen molar-refractivity contribution in [2.24, 2.45) is 5.92 Å². The lowest BCUT2D eigenvalue weighted by atomic mass is 9.53. The Hall–Kier alpha value is -2.05. The van der Waals surface area contributed by atoms with E-state index in [2.05, 4.69) is 4.90 Å². The Labute approximate surface area is 146 Å². The molecule has 1 heterocycles. The van der Waals surface area contributed by atoms with Crippen molar-refractivity contribution < 1.29 is 24.5 Å². The number of Topliss-reactive ketones (excluding diaryl/α,β-unsaturated/α-hetero) is 1. The highest BCUT2D eigenvalue weighted by Crippen LogP contribution is 2.60. The number of benzene rings is 1. The molecule has 0 aromatic heterocycles. The maximum Gasteiger partial charge on any atom is 0.197 e. The number of aromatic hydroxyl groups is 1. The van der Waals surface area contributed by atoms with Crippen LogP contribution in [0.3, 0.4) is 0 Å². The minimum atomic E-state index is -0.752. The van der Waals surface area contributed by atoms with Crippen molar-refractivity contribution in [1.82, 2.24) is 4.90 Å². The van der Waals surface area contributed by atoms with Gasteiger partial charge in [-0.25, -0.2) is 0 Å². The Morgan fingerprint density at radius 2 is 2.04 bits per heavy atom. The second-order valence-electron chi connectivity index (χ2n) is 7.26. The number of hydrogen-bond donors (Lipinski definition) is 2. The van der Waals surface area contributed by atoms with Gasteiger partial charge in [-0.1, -0.05) is 6.07 Å². The van der Waals surface area contributed by atoms with E-state index >= 15 is 0 Å². The molecule has 6 heteroatoms. The van der Waals surface area contributed by atoms with Gasteiger partial charge < -0.3 is 19.7 Å². The number of aliphatic hydroxyl groups is 1. The average Bonchev–Trinajstić information content (AvgIpc) is 2.60. The van der Waals surface area contributed by atoms with Crippen LogP contribution in [0.15, 0.2) is 24.0 Å². The quantitative estimate of drug-likeness (QED) is 0.846. The fourth-order valence-corrected chi connectivity index (χ4v) is 5.09. The molecular weight excluding hydrogens is 322 g/mol. The topological polar surface area (TPSA) is 79.2 Å². The zero-order valence-electron chi connectivity index (χ0n) is 14.7. The molecule has 0 amide bonds. The van der Waals surface area contributed by atoms with Crippen LogP contribution in [-0.2, 0) is 14.9 Å². The van der Waals surface area contributed by atoms with Gasteiger partial charge in [-0.05, 0) is 37.7 Å². The highest BCUT2D eigenvalue weighted by molar-refractivity contribution is 5.96. The fraction of sp³-hybridized carbons (Fsp3) is 0.526. The van der Waals surface area contributed by atoms with Crippen LogP contribution in [0.4, 0.5) is 0 Å². The van der Waals surface area contributed by atoms with Gasteiger partial charge in [0.1, 0.15) is 0 Å². The summed E-state index contributed by atoms with van der Waals surface area (Å²) >= 11 is 0. The number of ketones is 1. The number of ether oxygens (including phenoxy) is 2. The van der Waals surface area contributed by atoms with Gasteiger partial charge in [0.05, 0.1) is 20.3 Å². The van der Waals surface area contributed by atoms with E-state index in [1.807, 2.05) is 19.2 Å². The number of methoxy groups -OCH3 is 2. The molecular formula is C19H23NO5. The highest BCUT2D eigenvalue weighted by atomic mass is 16.5. The summed E-state index contributed by atoms with van der Waals surface area (Å²) in [5.74, 6) is 0.574. The molecule has 4 atom stereocenters. The normalized spacial score (nSPS) is 34.0. The molecule has 1 saturated heterocycles. The lowest BCUT2D eigenvalue weighted by molar-refractivity contribution is -0.124. The first-order chi connectivity index (χ1) is 11.9. The van der Waals surface area contributed by atoms with Crippen LogP contribution in [-0.4, -0.2) is 54.8 Å². The first-order valence-corrected chi connectivity index (χ1v) is 8.52. The van der Waals surface area contributed by atoms with Crippen molar-refractivity contribution in [3.05, 3.63) is 35.1 Å². The third kappa shape index (κ3) is 2.01. The monoisotopic (exact) mass is 345 g/mol. The van der Waals surface area contributed by atoms with Crippen LogP contribution in [0.25, 0.3) is 0 Å². The fourth-order valence-electron chi connectivity index (χ4n) is 5.09. The predicted octanol–water partition coefficient (Wildman–Crippen LogP) is 1.51. The van der Waals surface area contributed by atoms with Crippen molar-refractivity contribution in [2.75, 3.05) is 27.8 Å². The van der Waals surface area contributed by atoms with E-state index in [4.69, 9.17) is 9.47 Å². The van der Waals surface area contributed by atoms with Gasteiger partial charge in [-0.3, -0.25) is 9.69 Å². The first-order valence-electron chi connectivity index (χ1n) is 8.52. The minimum Gasteiger partial charge on any atom is -0.504 e. The van der Waals surface area contributed by atoms with Gasteiger partial charge in [0.25, 0.3) is 0 Å². The second kappa shape index (κ2) is 5.47. The molecule has 25 heavy (non-hydrogen) atoms. The molecule has 2 aliphatic carbocycles. The summed E-state index contributed by atoms with van der Waals surface area (Å²) in [5.41, 5.74) is 0.811. The number of phenolic OH excluding ortho intramolecular Hbond substituents is 1. The number of piperidine rings is 1. The van der Waals surface area contributed by atoms with E-state index in [0.717, 1.165) is 13.0 Å². The summed E-state index contributed by atoms with van der Waals surface area (Å²) in [6.07, 6.45) is 2.08. The average molecular weight is 345 g/mol. The zero-order valence-corrected chi connectivity index (χ0v) is 14.7. The van der Waals surface area contributed by atoms with E-state index in [9.17, 15) is 15.0 Å². The molecule has 0 radical (unpaired) electrons. The van der Waals surface area contributed by atoms with E-state index in [-0.39, 0.29) is 29.9 Å². The summed E-state index contributed by atoms with van der Waals surface area (Å²) < 4.78 is 10.6. The molecule has 1 aromatic carbocycles. The molecule has 1 aliphatic heterocycles. The Morgan fingerprint density at radius 3 is 2.72 bits per heavy atom. The molecule has 1 aromatic rings. The summed E-state index contributed by atoms with van der Waals surface area (Å²) in [5, 5.41) is 21.9. The number of allylic oxidation sites excluding steroid dienone is 1. The highest BCUT2D eigenvalue weighted by Gasteiger charge is 2.59. The number of aliphatic hydroxyl groups excluding tert-OH is 1. The van der Waals surface area contributed by atoms with Crippen LogP contribution in [0, 0.1) is 5.92 Å². The number of nitrogens with zero attached hydrogens (tertiary/aromatic N) is 1. The number of carbonyl (C=O) groups is 1. The van der Waals surface area contributed by atoms with Crippen molar-refractivity contribution in [1.29, 1.82) is 0 Å². The van der Waals surface area contributed by atoms with Gasteiger partial charge in [-0.15, -0.1) is 0 Å². The van der Waals surface area contributed by atoms with Gasteiger partial charge in [0, 0.05) is 29.4 Å². The van der Waals surface area contributed by atoms with Crippen LogP contribution in [0.5, 0.6) is 11.5 Å². The molecule has 134 valence electrons. The van der Waals surface area contributed by atoms with Crippen LogP contribution in [0.2, 0.25) is 0 Å². The number of likely N-dealkylation sites (tertiary alicyclic amines) is 1. The van der Waals surface area contributed by atoms with Crippen molar-refractivity contribution in [2.45, 2.75) is 30.4 Å². The van der Waals surface area contributed by atoms with Gasteiger partial charge in [-0.2, -0.15) is 0 Å². The van der Waals surface area contributed by atoms with Gasteiger partial charge >= 0.3 is 0 Å².